The number of carbonyl (C=O) groups is 1. The number of hydrogen-bond donors (Lipinski definition) is 1. The van der Waals surface area contributed by atoms with Crippen molar-refractivity contribution in [3.05, 3.63) is 91.0 Å². The van der Waals surface area contributed by atoms with E-state index in [1.54, 1.807) is 0 Å². The van der Waals surface area contributed by atoms with Crippen LogP contribution in [0.1, 0.15) is 5.56 Å². The van der Waals surface area contributed by atoms with Crippen molar-refractivity contribution in [2.45, 2.75) is 0 Å². The van der Waals surface area contributed by atoms with Gasteiger partial charge in [0.1, 0.15) is 0 Å². The Kier molecular flexibility index (Phi) is 4.50. The van der Waals surface area contributed by atoms with Gasteiger partial charge in [-0.15, -0.1) is 0 Å². The largest absolute Gasteiger partial charge is 0.328 e. The molecule has 4 rings (SSSR count). The van der Waals surface area contributed by atoms with Gasteiger partial charge in [0.25, 0.3) is 0 Å². The van der Waals surface area contributed by atoms with Crippen LogP contribution in [0, 0.1) is 0 Å². The molecule has 0 radical (unpaired) electrons. The number of aromatic nitrogens is 1. The smallest absolute Gasteiger partial charge is 0.211 e. The third kappa shape index (κ3) is 3.35. The van der Waals surface area contributed by atoms with E-state index in [9.17, 15) is 4.79 Å². The fourth-order valence-corrected chi connectivity index (χ4v) is 3.15. The Morgan fingerprint density at radius 2 is 1.44 bits per heavy atom. The van der Waals surface area contributed by atoms with Crippen molar-refractivity contribution < 1.29 is 4.79 Å². The molecule has 0 unspecified atom stereocenters. The van der Waals surface area contributed by atoms with E-state index in [1.165, 1.54) is 0 Å². The van der Waals surface area contributed by atoms with E-state index in [1.807, 2.05) is 36.4 Å². The summed E-state index contributed by atoms with van der Waals surface area (Å²) in [6, 6.07) is 26.3. The number of fused-ring (bicyclic) bond motifs is 1. The third-order valence-corrected chi connectivity index (χ3v) is 4.59. The SMILES string of the molecule is C=Cc1ccc(-c2ccc(-c3cc(NC=O)c4ccccc4n3)cc2)cc1. The number of para-hydroxylation sites is 1. The molecular weight excluding hydrogens is 332 g/mol. The highest BCUT2D eigenvalue weighted by Gasteiger charge is 2.07. The fourth-order valence-electron chi connectivity index (χ4n) is 3.15. The van der Waals surface area contributed by atoms with Crippen molar-refractivity contribution in [3.8, 4) is 22.4 Å². The zero-order valence-corrected chi connectivity index (χ0v) is 14.7. The number of pyridine rings is 1. The Labute approximate surface area is 158 Å². The van der Waals surface area contributed by atoms with Crippen molar-refractivity contribution in [1.82, 2.24) is 4.98 Å². The molecule has 1 amide bonds. The number of benzene rings is 3. The number of nitrogens with zero attached hydrogens (tertiary/aromatic N) is 1. The predicted molar refractivity (Wildman–Crippen MR) is 112 cm³/mol. The molecule has 3 aromatic carbocycles. The van der Waals surface area contributed by atoms with Crippen LogP contribution in [0.2, 0.25) is 0 Å². The van der Waals surface area contributed by atoms with E-state index < -0.39 is 0 Å². The summed E-state index contributed by atoms with van der Waals surface area (Å²) in [5.41, 5.74) is 6.83. The van der Waals surface area contributed by atoms with Crippen LogP contribution >= 0.6 is 0 Å². The minimum Gasteiger partial charge on any atom is -0.328 e. The van der Waals surface area contributed by atoms with Crippen LogP contribution in [0.5, 0.6) is 0 Å². The molecule has 0 saturated heterocycles. The minimum absolute atomic E-state index is 0.696. The topological polar surface area (TPSA) is 42.0 Å². The summed E-state index contributed by atoms with van der Waals surface area (Å²) in [5.74, 6) is 0. The van der Waals surface area contributed by atoms with Gasteiger partial charge in [0, 0.05) is 10.9 Å². The zero-order chi connectivity index (χ0) is 18.6. The van der Waals surface area contributed by atoms with E-state index in [-0.39, 0.29) is 0 Å². The van der Waals surface area contributed by atoms with Crippen LogP contribution in [0.15, 0.2) is 85.4 Å². The molecule has 0 aliphatic carbocycles. The van der Waals surface area contributed by atoms with Gasteiger partial charge in [0.2, 0.25) is 6.41 Å². The standard InChI is InChI=1S/C24H18N2O/c1-2-17-7-9-18(10-8-17)19-11-13-20(14-12-19)23-15-24(25-16-27)21-5-3-4-6-22(21)26-23/h2-16H,1H2,(H,25,26,27). The lowest BCUT2D eigenvalue weighted by molar-refractivity contribution is -0.105. The summed E-state index contributed by atoms with van der Waals surface area (Å²) in [6.07, 6.45) is 2.53. The Bertz CT molecular complexity index is 1110. The second kappa shape index (κ2) is 7.26. The van der Waals surface area contributed by atoms with Crippen LogP contribution in [-0.2, 0) is 4.79 Å². The lowest BCUT2D eigenvalue weighted by atomic mass is 10.0. The van der Waals surface area contributed by atoms with E-state index in [0.29, 0.717) is 6.41 Å². The predicted octanol–water partition coefficient (Wildman–Crippen LogP) is 5.78. The Hall–Kier alpha value is -3.72. The zero-order valence-electron chi connectivity index (χ0n) is 14.7. The van der Waals surface area contributed by atoms with E-state index in [2.05, 4.69) is 60.4 Å². The summed E-state index contributed by atoms with van der Waals surface area (Å²) in [6.45, 7) is 3.79. The van der Waals surface area contributed by atoms with Crippen molar-refractivity contribution in [2.75, 3.05) is 5.32 Å². The molecule has 0 atom stereocenters. The highest BCUT2D eigenvalue weighted by Crippen LogP contribution is 2.29. The molecule has 0 bridgehead atoms. The van der Waals surface area contributed by atoms with Crippen LogP contribution in [0.4, 0.5) is 5.69 Å². The molecule has 4 aromatic rings. The summed E-state index contributed by atoms with van der Waals surface area (Å²) >= 11 is 0. The molecule has 3 nitrogen and oxygen atoms in total. The number of amides is 1. The molecule has 27 heavy (non-hydrogen) atoms. The van der Waals surface area contributed by atoms with Gasteiger partial charge in [-0.2, -0.15) is 0 Å². The first-order chi connectivity index (χ1) is 13.3. The highest BCUT2D eigenvalue weighted by atomic mass is 16.1. The average molecular weight is 350 g/mol. The maximum atomic E-state index is 11.0. The second-order valence-corrected chi connectivity index (χ2v) is 6.24. The molecule has 130 valence electrons. The summed E-state index contributed by atoms with van der Waals surface area (Å²) in [4.78, 5) is 15.7. The maximum absolute atomic E-state index is 11.0. The lowest BCUT2D eigenvalue weighted by Gasteiger charge is -2.10. The van der Waals surface area contributed by atoms with Crippen molar-refractivity contribution in [2.24, 2.45) is 0 Å². The Balaban J connectivity index is 1.72. The second-order valence-electron chi connectivity index (χ2n) is 6.24. The van der Waals surface area contributed by atoms with Gasteiger partial charge in [-0.25, -0.2) is 4.98 Å². The van der Waals surface area contributed by atoms with Crippen molar-refractivity contribution >= 4 is 29.1 Å². The molecule has 1 heterocycles. The number of carbonyl (C=O) groups excluding carboxylic acids is 1. The first kappa shape index (κ1) is 16.7. The van der Waals surface area contributed by atoms with Gasteiger partial charge in [-0.05, 0) is 28.8 Å². The van der Waals surface area contributed by atoms with E-state index >= 15 is 0 Å². The molecule has 1 N–H and O–H groups in total. The summed E-state index contributed by atoms with van der Waals surface area (Å²) in [7, 11) is 0. The van der Waals surface area contributed by atoms with Gasteiger partial charge in [0.15, 0.2) is 0 Å². The number of anilines is 1. The normalized spacial score (nSPS) is 10.5. The van der Waals surface area contributed by atoms with Crippen molar-refractivity contribution in [1.29, 1.82) is 0 Å². The van der Waals surface area contributed by atoms with Crippen LogP contribution in [-0.4, -0.2) is 11.4 Å². The lowest BCUT2D eigenvalue weighted by Crippen LogP contribution is -1.97. The molecule has 3 heteroatoms. The quantitative estimate of drug-likeness (QED) is 0.464. The van der Waals surface area contributed by atoms with Gasteiger partial charge in [0.05, 0.1) is 16.9 Å². The summed E-state index contributed by atoms with van der Waals surface area (Å²) < 4.78 is 0. The van der Waals surface area contributed by atoms with Gasteiger partial charge in [-0.1, -0.05) is 79.4 Å². The van der Waals surface area contributed by atoms with E-state index in [0.717, 1.165) is 44.5 Å². The Morgan fingerprint density at radius 1 is 0.815 bits per heavy atom. The van der Waals surface area contributed by atoms with Crippen LogP contribution < -0.4 is 5.32 Å². The molecule has 0 saturated carbocycles. The van der Waals surface area contributed by atoms with Crippen LogP contribution in [0.25, 0.3) is 39.4 Å². The van der Waals surface area contributed by atoms with Crippen LogP contribution in [0.3, 0.4) is 0 Å². The van der Waals surface area contributed by atoms with Gasteiger partial charge >= 0.3 is 0 Å². The molecular formula is C24H18N2O. The Morgan fingerprint density at radius 3 is 2.11 bits per heavy atom. The first-order valence-electron chi connectivity index (χ1n) is 8.72. The van der Waals surface area contributed by atoms with Gasteiger partial charge < -0.3 is 5.32 Å². The van der Waals surface area contributed by atoms with Gasteiger partial charge in [-0.3, -0.25) is 4.79 Å². The molecule has 0 fully saturated rings. The van der Waals surface area contributed by atoms with Crippen molar-refractivity contribution in [3.63, 3.8) is 0 Å². The van der Waals surface area contributed by atoms with E-state index in [4.69, 9.17) is 4.98 Å². The number of rotatable bonds is 5. The third-order valence-electron chi connectivity index (χ3n) is 4.59. The highest BCUT2D eigenvalue weighted by molar-refractivity contribution is 5.97. The molecule has 0 aliphatic rings. The minimum atomic E-state index is 0.696. The first-order valence-corrected chi connectivity index (χ1v) is 8.72. The number of hydrogen-bond acceptors (Lipinski definition) is 2. The maximum Gasteiger partial charge on any atom is 0.211 e. The fraction of sp³-hybridized carbons (Fsp3) is 0. The summed E-state index contributed by atoms with van der Waals surface area (Å²) in [5, 5.41) is 3.70. The molecule has 1 aromatic heterocycles. The molecule has 0 spiro atoms. The molecule has 0 aliphatic heterocycles. The number of nitrogens with one attached hydrogen (secondary N) is 1. The average Bonchev–Trinajstić information content (AvgIpc) is 2.74. The monoisotopic (exact) mass is 350 g/mol.